The molecule has 5 heteroatoms. The fourth-order valence-electron chi connectivity index (χ4n) is 2.62. The van der Waals surface area contributed by atoms with Crippen molar-refractivity contribution in [1.29, 1.82) is 0 Å². The van der Waals surface area contributed by atoms with Gasteiger partial charge in [-0.2, -0.15) is 0 Å². The molecule has 0 saturated carbocycles. The summed E-state index contributed by atoms with van der Waals surface area (Å²) < 4.78 is 5.23. The number of methoxy groups -OCH3 is 1. The van der Waals surface area contributed by atoms with Gasteiger partial charge in [-0.1, -0.05) is 26.0 Å². The molecule has 2 unspecified atom stereocenters. The van der Waals surface area contributed by atoms with Crippen molar-refractivity contribution in [1.82, 2.24) is 5.32 Å². The molecule has 0 aromatic heterocycles. The van der Waals surface area contributed by atoms with E-state index in [0.717, 1.165) is 13.0 Å². The number of carbonyl (C=O) groups is 1. The fraction of sp³-hybridized carbons (Fsp3) is 0.611. The van der Waals surface area contributed by atoms with Gasteiger partial charge < -0.3 is 20.5 Å². The summed E-state index contributed by atoms with van der Waals surface area (Å²) in [6, 6.07) is 7.41. The van der Waals surface area contributed by atoms with Gasteiger partial charge in [0.25, 0.3) is 0 Å². The zero-order valence-corrected chi connectivity index (χ0v) is 14.8. The molecule has 0 aliphatic carbocycles. The summed E-state index contributed by atoms with van der Waals surface area (Å²) in [5.74, 6) is 0.599. The molecule has 0 aliphatic heterocycles. The monoisotopic (exact) mass is 322 g/mol. The average molecular weight is 322 g/mol. The van der Waals surface area contributed by atoms with E-state index < -0.39 is 0 Å². The minimum absolute atomic E-state index is 0.0123. The lowest BCUT2D eigenvalue weighted by atomic mass is 9.86. The molecular weight excluding hydrogens is 292 g/mol. The van der Waals surface area contributed by atoms with Crippen molar-refractivity contribution < 1.29 is 14.6 Å². The lowest BCUT2D eigenvalue weighted by Crippen LogP contribution is -2.38. The molecule has 1 aromatic carbocycles. The maximum absolute atomic E-state index is 12.1. The van der Waals surface area contributed by atoms with E-state index in [1.807, 2.05) is 31.2 Å². The Kier molecular flexibility index (Phi) is 7.52. The Balaban J connectivity index is 2.45. The number of aliphatic hydroxyl groups is 1. The first-order valence-electron chi connectivity index (χ1n) is 8.08. The lowest BCUT2D eigenvalue weighted by molar-refractivity contribution is -0.116. The third-order valence-corrected chi connectivity index (χ3v) is 3.65. The molecule has 2 atom stereocenters. The average Bonchev–Trinajstić information content (AvgIpc) is 2.44. The number of ether oxygens (including phenoxy) is 1. The number of hydrogen-bond donors (Lipinski definition) is 3. The Labute approximate surface area is 139 Å². The Hall–Kier alpha value is -1.59. The van der Waals surface area contributed by atoms with Crippen LogP contribution in [0.1, 0.15) is 40.5 Å². The standard InChI is InChI=1S/C18H30N2O3/c1-13(19-12-18(3,4)11-14(2)21)10-17(22)20-15-8-6-7-9-16(15)23-5/h6-9,13-14,19,21H,10-12H2,1-5H3,(H,20,22). The molecule has 0 bridgehead atoms. The molecular formula is C18H30N2O3. The molecule has 23 heavy (non-hydrogen) atoms. The number of benzene rings is 1. The van der Waals surface area contributed by atoms with E-state index in [2.05, 4.69) is 24.5 Å². The van der Waals surface area contributed by atoms with Crippen LogP contribution < -0.4 is 15.4 Å². The molecule has 0 saturated heterocycles. The highest BCUT2D eigenvalue weighted by Crippen LogP contribution is 2.23. The number of amides is 1. The SMILES string of the molecule is COc1ccccc1NC(=O)CC(C)NCC(C)(C)CC(C)O. The molecule has 0 spiro atoms. The lowest BCUT2D eigenvalue weighted by Gasteiger charge is -2.28. The van der Waals surface area contributed by atoms with Gasteiger partial charge >= 0.3 is 0 Å². The van der Waals surface area contributed by atoms with Gasteiger partial charge in [-0.3, -0.25) is 4.79 Å². The van der Waals surface area contributed by atoms with Gasteiger partial charge in [0.15, 0.2) is 0 Å². The quantitative estimate of drug-likeness (QED) is 0.654. The molecule has 0 aliphatic rings. The van der Waals surface area contributed by atoms with Crippen LogP contribution in [0.25, 0.3) is 0 Å². The van der Waals surface area contributed by atoms with Crippen molar-refractivity contribution in [2.24, 2.45) is 5.41 Å². The van der Waals surface area contributed by atoms with Gasteiger partial charge in [0, 0.05) is 19.0 Å². The number of para-hydroxylation sites is 2. The van der Waals surface area contributed by atoms with E-state index in [-0.39, 0.29) is 23.5 Å². The molecule has 1 amide bonds. The number of hydrogen-bond acceptors (Lipinski definition) is 4. The summed E-state index contributed by atoms with van der Waals surface area (Å²) in [6.07, 6.45) is 0.777. The van der Waals surface area contributed by atoms with E-state index in [1.54, 1.807) is 14.0 Å². The molecule has 1 rings (SSSR count). The van der Waals surface area contributed by atoms with Gasteiger partial charge in [0.1, 0.15) is 5.75 Å². The van der Waals surface area contributed by atoms with Gasteiger partial charge in [-0.25, -0.2) is 0 Å². The second-order valence-corrected chi connectivity index (χ2v) is 6.95. The van der Waals surface area contributed by atoms with Gasteiger partial charge in [0.05, 0.1) is 18.9 Å². The minimum Gasteiger partial charge on any atom is -0.495 e. The zero-order valence-electron chi connectivity index (χ0n) is 14.8. The summed E-state index contributed by atoms with van der Waals surface area (Å²) in [7, 11) is 1.58. The van der Waals surface area contributed by atoms with Crippen LogP contribution >= 0.6 is 0 Å². The molecule has 0 fully saturated rings. The van der Waals surface area contributed by atoms with Crippen LogP contribution in [0.2, 0.25) is 0 Å². The summed E-state index contributed by atoms with van der Waals surface area (Å²) in [6.45, 7) is 8.75. The first-order valence-corrected chi connectivity index (χ1v) is 8.08. The van der Waals surface area contributed by atoms with Crippen molar-refractivity contribution in [2.75, 3.05) is 19.0 Å². The summed E-state index contributed by atoms with van der Waals surface area (Å²) >= 11 is 0. The Morgan fingerprint density at radius 1 is 1.30 bits per heavy atom. The van der Waals surface area contributed by atoms with Crippen LogP contribution in [-0.2, 0) is 4.79 Å². The second kappa shape index (κ2) is 8.89. The number of nitrogens with one attached hydrogen (secondary N) is 2. The van der Waals surface area contributed by atoms with Crippen LogP contribution in [0.3, 0.4) is 0 Å². The molecule has 0 radical (unpaired) electrons. The van der Waals surface area contributed by atoms with E-state index in [4.69, 9.17) is 4.74 Å². The van der Waals surface area contributed by atoms with Crippen LogP contribution in [-0.4, -0.2) is 36.8 Å². The third kappa shape index (κ3) is 7.48. The second-order valence-electron chi connectivity index (χ2n) is 6.95. The molecule has 1 aromatic rings. The highest BCUT2D eigenvalue weighted by atomic mass is 16.5. The maximum Gasteiger partial charge on any atom is 0.226 e. The van der Waals surface area contributed by atoms with E-state index in [9.17, 15) is 9.90 Å². The molecule has 5 nitrogen and oxygen atoms in total. The maximum atomic E-state index is 12.1. The number of rotatable bonds is 9. The number of carbonyl (C=O) groups excluding carboxylic acids is 1. The largest absolute Gasteiger partial charge is 0.495 e. The van der Waals surface area contributed by atoms with Crippen LogP contribution in [0.15, 0.2) is 24.3 Å². The summed E-state index contributed by atoms with van der Waals surface area (Å²) in [5, 5.41) is 15.8. The predicted molar refractivity (Wildman–Crippen MR) is 93.8 cm³/mol. The van der Waals surface area contributed by atoms with Crippen molar-refractivity contribution in [3.05, 3.63) is 24.3 Å². The van der Waals surface area contributed by atoms with Gasteiger partial charge in [-0.15, -0.1) is 0 Å². The topological polar surface area (TPSA) is 70.6 Å². The molecule has 0 heterocycles. The Bertz CT molecular complexity index is 501. The fourth-order valence-corrected chi connectivity index (χ4v) is 2.62. The first-order chi connectivity index (χ1) is 10.7. The highest BCUT2D eigenvalue weighted by Gasteiger charge is 2.21. The normalized spacial score (nSPS) is 14.2. The van der Waals surface area contributed by atoms with Gasteiger partial charge in [-0.05, 0) is 37.8 Å². The van der Waals surface area contributed by atoms with Crippen molar-refractivity contribution in [2.45, 2.75) is 52.7 Å². The van der Waals surface area contributed by atoms with Crippen LogP contribution in [0.4, 0.5) is 5.69 Å². The van der Waals surface area contributed by atoms with Crippen molar-refractivity contribution >= 4 is 11.6 Å². The number of aliphatic hydroxyl groups excluding tert-OH is 1. The smallest absolute Gasteiger partial charge is 0.226 e. The van der Waals surface area contributed by atoms with E-state index >= 15 is 0 Å². The van der Waals surface area contributed by atoms with E-state index in [1.165, 1.54) is 0 Å². The van der Waals surface area contributed by atoms with Crippen LogP contribution in [0, 0.1) is 5.41 Å². The minimum atomic E-state index is -0.323. The van der Waals surface area contributed by atoms with Crippen LogP contribution in [0.5, 0.6) is 5.75 Å². The number of anilines is 1. The molecule has 130 valence electrons. The third-order valence-electron chi connectivity index (χ3n) is 3.65. The predicted octanol–water partition coefficient (Wildman–Crippen LogP) is 2.80. The van der Waals surface area contributed by atoms with Crippen molar-refractivity contribution in [3.63, 3.8) is 0 Å². The van der Waals surface area contributed by atoms with Crippen molar-refractivity contribution in [3.8, 4) is 5.75 Å². The Morgan fingerprint density at radius 2 is 1.96 bits per heavy atom. The highest BCUT2D eigenvalue weighted by molar-refractivity contribution is 5.92. The summed E-state index contributed by atoms with van der Waals surface area (Å²) in [5.41, 5.74) is 0.670. The Morgan fingerprint density at radius 3 is 2.57 bits per heavy atom. The first kappa shape index (κ1) is 19.5. The van der Waals surface area contributed by atoms with Gasteiger partial charge in [0.2, 0.25) is 5.91 Å². The summed E-state index contributed by atoms with van der Waals surface area (Å²) in [4.78, 5) is 12.1. The zero-order chi connectivity index (χ0) is 17.5. The van der Waals surface area contributed by atoms with E-state index in [0.29, 0.717) is 17.9 Å². The molecule has 3 N–H and O–H groups in total.